The van der Waals surface area contributed by atoms with E-state index < -0.39 is 23.6 Å². The van der Waals surface area contributed by atoms with Crippen molar-refractivity contribution in [1.29, 1.82) is 0 Å². The van der Waals surface area contributed by atoms with Crippen LogP contribution in [0.5, 0.6) is 5.75 Å². The molecule has 142 valence electrons. The molecule has 0 radical (unpaired) electrons. The number of hydrogen-bond acceptors (Lipinski definition) is 3. The second-order valence-corrected chi connectivity index (χ2v) is 6.14. The number of benzene rings is 2. The first-order valence-electron chi connectivity index (χ1n) is 8.21. The van der Waals surface area contributed by atoms with Crippen molar-refractivity contribution in [3.63, 3.8) is 0 Å². The number of nitrogens with zero attached hydrogens (tertiary/aromatic N) is 1. The maximum Gasteiger partial charge on any atom is 0.416 e. The van der Waals surface area contributed by atoms with E-state index in [4.69, 9.17) is 4.74 Å². The van der Waals surface area contributed by atoms with E-state index >= 15 is 0 Å². The fraction of sp³-hybridized carbons (Fsp3) is 0.263. The number of nitrogens with one attached hydrogen (secondary N) is 1. The van der Waals surface area contributed by atoms with E-state index in [9.17, 15) is 22.8 Å². The van der Waals surface area contributed by atoms with E-state index in [1.165, 1.54) is 24.1 Å². The molecule has 27 heavy (non-hydrogen) atoms. The molecular weight excluding hydrogens is 361 g/mol. The molecule has 1 fully saturated rings. The van der Waals surface area contributed by atoms with Gasteiger partial charge in [-0.05, 0) is 36.4 Å². The summed E-state index contributed by atoms with van der Waals surface area (Å²) < 4.78 is 43.0. The molecule has 0 spiro atoms. The molecule has 5 nitrogen and oxygen atoms in total. The number of anilines is 2. The first-order valence-corrected chi connectivity index (χ1v) is 8.21. The highest BCUT2D eigenvalue weighted by atomic mass is 19.4. The molecule has 1 heterocycles. The molecule has 8 heteroatoms. The van der Waals surface area contributed by atoms with Crippen LogP contribution in [-0.2, 0) is 15.8 Å². The molecule has 1 aliphatic heterocycles. The zero-order valence-electron chi connectivity index (χ0n) is 14.4. The van der Waals surface area contributed by atoms with Gasteiger partial charge in [0.05, 0.1) is 24.3 Å². The maximum atomic E-state index is 12.6. The van der Waals surface area contributed by atoms with E-state index in [1.807, 2.05) is 0 Å². The minimum Gasteiger partial charge on any atom is -0.495 e. The predicted octanol–water partition coefficient (Wildman–Crippen LogP) is 3.71. The van der Waals surface area contributed by atoms with E-state index in [1.54, 1.807) is 24.3 Å². The summed E-state index contributed by atoms with van der Waals surface area (Å²) in [6.45, 7) is 0.172. The van der Waals surface area contributed by atoms with Gasteiger partial charge in [0.1, 0.15) is 5.75 Å². The number of ether oxygens (including phenoxy) is 1. The minimum atomic E-state index is -4.43. The van der Waals surface area contributed by atoms with Crippen molar-refractivity contribution in [3.05, 3.63) is 54.1 Å². The van der Waals surface area contributed by atoms with Gasteiger partial charge in [0, 0.05) is 18.7 Å². The molecule has 1 aliphatic rings. The zero-order valence-corrected chi connectivity index (χ0v) is 14.4. The fourth-order valence-corrected chi connectivity index (χ4v) is 2.96. The van der Waals surface area contributed by atoms with Crippen molar-refractivity contribution in [1.82, 2.24) is 0 Å². The van der Waals surface area contributed by atoms with Gasteiger partial charge in [-0.3, -0.25) is 9.59 Å². The summed E-state index contributed by atoms with van der Waals surface area (Å²) in [6.07, 6.45) is -4.42. The average molecular weight is 378 g/mol. The Morgan fingerprint density at radius 1 is 1.15 bits per heavy atom. The molecule has 0 saturated carbocycles. The smallest absolute Gasteiger partial charge is 0.416 e. The topological polar surface area (TPSA) is 58.6 Å². The quantitative estimate of drug-likeness (QED) is 0.883. The van der Waals surface area contributed by atoms with Crippen LogP contribution in [0.3, 0.4) is 0 Å². The molecule has 1 atom stereocenters. The highest BCUT2D eigenvalue weighted by molar-refractivity contribution is 6.04. The number of hydrogen-bond donors (Lipinski definition) is 1. The Morgan fingerprint density at radius 3 is 2.44 bits per heavy atom. The fourth-order valence-electron chi connectivity index (χ4n) is 2.96. The number of carbonyl (C=O) groups is 2. The normalized spacial score (nSPS) is 17.1. The van der Waals surface area contributed by atoms with Crippen LogP contribution in [0.15, 0.2) is 48.5 Å². The van der Waals surface area contributed by atoms with Crippen LogP contribution in [0.1, 0.15) is 12.0 Å². The number of halogens is 3. The number of para-hydroxylation sites is 2. The van der Waals surface area contributed by atoms with E-state index in [-0.39, 0.29) is 24.6 Å². The third-order valence-corrected chi connectivity index (χ3v) is 4.35. The van der Waals surface area contributed by atoms with E-state index in [0.29, 0.717) is 11.4 Å². The molecule has 0 bridgehead atoms. The highest BCUT2D eigenvalue weighted by Gasteiger charge is 2.36. The van der Waals surface area contributed by atoms with Crippen LogP contribution in [0, 0.1) is 5.92 Å². The summed E-state index contributed by atoms with van der Waals surface area (Å²) in [5, 5.41) is 2.57. The highest BCUT2D eigenvalue weighted by Crippen LogP contribution is 2.33. The van der Waals surface area contributed by atoms with Crippen LogP contribution in [0.4, 0.5) is 24.5 Å². The van der Waals surface area contributed by atoms with Gasteiger partial charge in [-0.25, -0.2) is 0 Å². The molecule has 2 amide bonds. The van der Waals surface area contributed by atoms with Crippen molar-refractivity contribution in [2.75, 3.05) is 23.9 Å². The van der Waals surface area contributed by atoms with Gasteiger partial charge < -0.3 is 15.0 Å². The van der Waals surface area contributed by atoms with Gasteiger partial charge in [-0.2, -0.15) is 13.2 Å². The van der Waals surface area contributed by atoms with Crippen molar-refractivity contribution in [2.45, 2.75) is 12.6 Å². The van der Waals surface area contributed by atoms with Crippen LogP contribution in [-0.4, -0.2) is 25.5 Å². The van der Waals surface area contributed by atoms with Crippen molar-refractivity contribution >= 4 is 23.2 Å². The van der Waals surface area contributed by atoms with Gasteiger partial charge >= 0.3 is 6.18 Å². The van der Waals surface area contributed by atoms with Crippen LogP contribution in [0.25, 0.3) is 0 Å². The standard InChI is InChI=1S/C19H17F3N2O3/c1-27-16-5-3-2-4-15(16)24-11-12(10-17(24)25)18(26)23-14-8-6-13(7-9-14)19(20,21)22/h2-9,12H,10-11H2,1H3,(H,23,26). The van der Waals surface area contributed by atoms with Gasteiger partial charge in [0.15, 0.2) is 0 Å². The lowest BCUT2D eigenvalue weighted by molar-refractivity contribution is -0.137. The number of methoxy groups -OCH3 is 1. The molecular formula is C19H17F3N2O3. The van der Waals surface area contributed by atoms with Crippen LogP contribution in [0.2, 0.25) is 0 Å². The molecule has 1 N–H and O–H groups in total. The Morgan fingerprint density at radius 2 is 1.81 bits per heavy atom. The Hall–Kier alpha value is -3.03. The summed E-state index contributed by atoms with van der Waals surface area (Å²) in [5.74, 6) is -0.716. The summed E-state index contributed by atoms with van der Waals surface area (Å²) in [5.41, 5.74) is 0.0323. The van der Waals surface area contributed by atoms with Crippen molar-refractivity contribution in [2.24, 2.45) is 5.92 Å². The monoisotopic (exact) mass is 378 g/mol. The third-order valence-electron chi connectivity index (χ3n) is 4.35. The van der Waals surface area contributed by atoms with E-state index in [2.05, 4.69) is 5.32 Å². The maximum absolute atomic E-state index is 12.6. The molecule has 2 aromatic carbocycles. The predicted molar refractivity (Wildman–Crippen MR) is 93.5 cm³/mol. The summed E-state index contributed by atoms with van der Waals surface area (Å²) >= 11 is 0. The lowest BCUT2D eigenvalue weighted by atomic mass is 10.1. The molecule has 2 aromatic rings. The molecule has 3 rings (SSSR count). The molecule has 0 aliphatic carbocycles. The van der Waals surface area contributed by atoms with Gasteiger partial charge in [0.25, 0.3) is 0 Å². The molecule has 1 unspecified atom stereocenters. The summed E-state index contributed by atoms with van der Waals surface area (Å²) in [6, 6.07) is 11.2. The first kappa shape index (κ1) is 18.8. The van der Waals surface area contributed by atoms with Crippen LogP contribution < -0.4 is 15.0 Å². The van der Waals surface area contributed by atoms with Gasteiger partial charge in [-0.1, -0.05) is 12.1 Å². The molecule has 1 saturated heterocycles. The Bertz CT molecular complexity index is 850. The number of rotatable bonds is 4. The second-order valence-electron chi connectivity index (χ2n) is 6.14. The minimum absolute atomic E-state index is 0.0184. The van der Waals surface area contributed by atoms with Crippen molar-refractivity contribution < 1.29 is 27.5 Å². The lowest BCUT2D eigenvalue weighted by Gasteiger charge is -2.19. The number of amides is 2. The van der Waals surface area contributed by atoms with Gasteiger partial charge in [0.2, 0.25) is 11.8 Å². The average Bonchev–Trinajstić information content (AvgIpc) is 3.03. The zero-order chi connectivity index (χ0) is 19.6. The van der Waals surface area contributed by atoms with Crippen LogP contribution >= 0.6 is 0 Å². The second kappa shape index (κ2) is 7.30. The SMILES string of the molecule is COc1ccccc1N1CC(C(=O)Nc2ccc(C(F)(F)F)cc2)CC1=O. The first-order chi connectivity index (χ1) is 12.8. The number of carbonyl (C=O) groups excluding carboxylic acids is 2. The Labute approximate surface area is 153 Å². The molecule has 0 aromatic heterocycles. The Balaban J connectivity index is 1.69. The van der Waals surface area contributed by atoms with E-state index in [0.717, 1.165) is 12.1 Å². The third kappa shape index (κ3) is 4.05. The summed E-state index contributed by atoms with van der Waals surface area (Å²) in [4.78, 5) is 26.2. The number of alkyl halides is 3. The lowest BCUT2D eigenvalue weighted by Crippen LogP contribution is -2.28. The van der Waals surface area contributed by atoms with Gasteiger partial charge in [-0.15, -0.1) is 0 Å². The largest absolute Gasteiger partial charge is 0.495 e. The summed E-state index contributed by atoms with van der Waals surface area (Å²) in [7, 11) is 1.49. The van der Waals surface area contributed by atoms with Crippen molar-refractivity contribution in [3.8, 4) is 5.75 Å². The Kier molecular flexibility index (Phi) is 5.07.